The molecule has 0 aliphatic heterocycles. The van der Waals surface area contributed by atoms with Crippen LogP contribution in [0.25, 0.3) is 0 Å². The predicted molar refractivity (Wildman–Crippen MR) is 71.9 cm³/mol. The van der Waals surface area contributed by atoms with Crippen LogP contribution >= 0.6 is 31.6 Å². The Bertz CT molecular complexity index is 562. The third-order valence-corrected chi connectivity index (χ3v) is 5.02. The first-order valence-electron chi connectivity index (χ1n) is 4.98. The molecule has 10 heteroatoms. The minimum Gasteiger partial charge on any atom is -0.232 e. The van der Waals surface area contributed by atoms with Crippen LogP contribution in [0.3, 0.4) is 0 Å². The van der Waals surface area contributed by atoms with Crippen LogP contribution in [-0.4, -0.2) is 25.9 Å². The van der Waals surface area contributed by atoms with Crippen molar-refractivity contribution in [3.8, 4) is 0 Å². The minimum absolute atomic E-state index is 0.0202. The molecule has 6 nitrogen and oxygen atoms in total. The lowest BCUT2D eigenvalue weighted by atomic mass is 10.4. The summed E-state index contributed by atoms with van der Waals surface area (Å²) in [4.78, 5) is 8.68. The molecule has 106 valence electrons. The lowest BCUT2D eigenvalue weighted by Crippen LogP contribution is -2.10. The summed E-state index contributed by atoms with van der Waals surface area (Å²) < 4.78 is 42.8. The fourth-order valence-electron chi connectivity index (χ4n) is 1.19. The van der Waals surface area contributed by atoms with E-state index in [9.17, 15) is 13.0 Å². The smallest absolute Gasteiger partial charge is 0.232 e. The molecule has 0 aliphatic carbocycles. The standard InChI is InChI=1S/C9H10ClO6PS2/c1-2-18-8-5-3-4-7(10)9(8)19(13,14)16-6-15-17(11)12/h3-5H,2,6H2,1H3/p+1. The van der Waals surface area contributed by atoms with Crippen molar-refractivity contribution in [2.24, 2.45) is 0 Å². The first-order chi connectivity index (χ1) is 8.88. The van der Waals surface area contributed by atoms with Crippen molar-refractivity contribution < 1.29 is 26.6 Å². The van der Waals surface area contributed by atoms with Crippen LogP contribution in [0, 0.1) is 0 Å². The summed E-state index contributed by atoms with van der Waals surface area (Å²) in [5.74, 6) is 0.655. The molecule has 1 atom stereocenters. The maximum absolute atomic E-state index is 12.0. The van der Waals surface area contributed by atoms with E-state index in [1.165, 1.54) is 17.8 Å². The highest BCUT2D eigenvalue weighted by molar-refractivity contribution is 8.00. The highest BCUT2D eigenvalue weighted by Crippen LogP contribution is 2.33. The average Bonchev–Trinajstić information content (AvgIpc) is 2.28. The maximum Gasteiger partial charge on any atom is 0.697 e. The number of benzene rings is 1. The molecule has 0 aromatic heterocycles. The number of rotatable bonds is 7. The van der Waals surface area contributed by atoms with E-state index in [4.69, 9.17) is 16.5 Å². The molecule has 0 aliphatic rings. The highest BCUT2D eigenvalue weighted by atomic mass is 35.5. The Labute approximate surface area is 121 Å². The molecule has 1 aromatic carbocycles. The van der Waals surface area contributed by atoms with E-state index in [0.29, 0.717) is 10.6 Å². The zero-order valence-electron chi connectivity index (χ0n) is 9.78. The van der Waals surface area contributed by atoms with Crippen LogP contribution in [0.4, 0.5) is 0 Å². The molecule has 0 saturated heterocycles. The van der Waals surface area contributed by atoms with Gasteiger partial charge in [0.2, 0.25) is 6.79 Å². The molecular weight excluding hydrogens is 335 g/mol. The van der Waals surface area contributed by atoms with E-state index in [0.717, 1.165) is 0 Å². The molecule has 0 saturated carbocycles. The third-order valence-electron chi connectivity index (χ3n) is 1.85. The van der Waals surface area contributed by atoms with Crippen LogP contribution in [-0.2, 0) is 23.4 Å². The van der Waals surface area contributed by atoms with Crippen molar-refractivity contribution in [3.63, 3.8) is 0 Å². The van der Waals surface area contributed by atoms with Crippen LogP contribution in [0.1, 0.15) is 6.92 Å². The van der Waals surface area contributed by atoms with Crippen LogP contribution in [0.15, 0.2) is 28.0 Å². The molecule has 0 amide bonds. The summed E-state index contributed by atoms with van der Waals surface area (Å²) >= 11 is 7.16. The van der Waals surface area contributed by atoms with Gasteiger partial charge in [-0.05, 0) is 17.9 Å². The molecule has 0 fully saturated rings. The van der Waals surface area contributed by atoms with Crippen LogP contribution in [0.2, 0.25) is 5.02 Å². The first-order valence-corrected chi connectivity index (χ1v) is 8.88. The molecule has 1 N–H and O–H groups in total. The lowest BCUT2D eigenvalue weighted by Gasteiger charge is -2.09. The van der Waals surface area contributed by atoms with Gasteiger partial charge in [0.25, 0.3) is 0 Å². The SMILES string of the molecule is CCSc1cccc(Cl)c1S(=O)(=O)OCO[P+](=O)O. The van der Waals surface area contributed by atoms with E-state index >= 15 is 0 Å². The molecule has 0 bridgehead atoms. The Kier molecular flexibility index (Phi) is 6.68. The van der Waals surface area contributed by atoms with E-state index in [1.54, 1.807) is 12.1 Å². The summed E-state index contributed by atoms with van der Waals surface area (Å²) in [5, 5.41) is 0.0202. The normalized spacial score (nSPS) is 12.5. The van der Waals surface area contributed by atoms with Crippen molar-refractivity contribution in [2.45, 2.75) is 16.7 Å². The average molecular weight is 346 g/mol. The summed E-state index contributed by atoms with van der Waals surface area (Å²) in [6.07, 6.45) is 0. The van der Waals surface area contributed by atoms with Gasteiger partial charge in [0.05, 0.1) is 5.02 Å². The van der Waals surface area contributed by atoms with E-state index in [-0.39, 0.29) is 9.92 Å². The summed E-state index contributed by atoms with van der Waals surface area (Å²) in [6.45, 7) is 1.01. The van der Waals surface area contributed by atoms with Gasteiger partial charge in [-0.25, -0.2) is 4.18 Å². The summed E-state index contributed by atoms with van der Waals surface area (Å²) in [7, 11) is -7.08. The second-order valence-corrected chi connectivity index (χ2v) is 7.06. The number of hydrogen-bond donors (Lipinski definition) is 1. The largest absolute Gasteiger partial charge is 0.697 e. The van der Waals surface area contributed by atoms with Crippen molar-refractivity contribution in [2.75, 3.05) is 12.5 Å². The van der Waals surface area contributed by atoms with E-state index in [2.05, 4.69) is 8.71 Å². The van der Waals surface area contributed by atoms with Crippen molar-refractivity contribution >= 4 is 41.7 Å². The molecule has 1 aromatic rings. The first kappa shape index (κ1) is 16.8. The molecule has 0 heterocycles. The van der Waals surface area contributed by atoms with Gasteiger partial charge in [0.1, 0.15) is 4.90 Å². The lowest BCUT2D eigenvalue weighted by molar-refractivity contribution is 0.121. The summed E-state index contributed by atoms with van der Waals surface area (Å²) in [6, 6.07) is 4.65. The van der Waals surface area contributed by atoms with Crippen molar-refractivity contribution in [1.29, 1.82) is 0 Å². The maximum atomic E-state index is 12.0. The van der Waals surface area contributed by atoms with Gasteiger partial charge in [0, 0.05) is 9.46 Å². The second kappa shape index (κ2) is 7.54. The molecule has 0 radical (unpaired) electrons. The second-order valence-electron chi connectivity index (χ2n) is 3.06. The molecule has 0 spiro atoms. The Balaban J connectivity index is 3.02. The quantitative estimate of drug-likeness (QED) is 0.351. The Morgan fingerprint density at radius 2 is 2.16 bits per heavy atom. The van der Waals surface area contributed by atoms with Gasteiger partial charge in [-0.2, -0.15) is 8.42 Å². The van der Waals surface area contributed by atoms with Gasteiger partial charge in [-0.15, -0.1) is 16.7 Å². The zero-order chi connectivity index (χ0) is 14.5. The fourth-order valence-corrected chi connectivity index (χ4v) is 4.04. The van der Waals surface area contributed by atoms with Crippen molar-refractivity contribution in [3.05, 3.63) is 23.2 Å². The zero-order valence-corrected chi connectivity index (χ0v) is 13.1. The Hall–Kier alpha value is -0.210. The number of hydrogen-bond acceptors (Lipinski definition) is 6. The summed E-state index contributed by atoms with van der Waals surface area (Å²) in [5.41, 5.74) is 0. The van der Waals surface area contributed by atoms with Gasteiger partial charge in [-0.3, -0.25) is 0 Å². The Morgan fingerprint density at radius 1 is 1.47 bits per heavy atom. The monoisotopic (exact) mass is 345 g/mol. The fraction of sp³-hybridized carbons (Fsp3) is 0.333. The van der Waals surface area contributed by atoms with Gasteiger partial charge in [0.15, 0.2) is 0 Å². The van der Waals surface area contributed by atoms with E-state index in [1.807, 2.05) is 6.92 Å². The topological polar surface area (TPSA) is 89.9 Å². The van der Waals surface area contributed by atoms with Crippen LogP contribution in [0.5, 0.6) is 0 Å². The molecule has 1 rings (SSSR count). The molecule has 1 unspecified atom stereocenters. The van der Waals surface area contributed by atoms with Crippen LogP contribution < -0.4 is 0 Å². The number of halogens is 1. The number of thioether (sulfide) groups is 1. The predicted octanol–water partition coefficient (Wildman–Crippen LogP) is 2.78. The highest BCUT2D eigenvalue weighted by Gasteiger charge is 2.25. The Morgan fingerprint density at radius 3 is 2.74 bits per heavy atom. The third kappa shape index (κ3) is 5.00. The van der Waals surface area contributed by atoms with E-state index < -0.39 is 25.2 Å². The van der Waals surface area contributed by atoms with Crippen molar-refractivity contribution in [1.82, 2.24) is 0 Å². The molecular formula is C9H11ClO6PS2+. The minimum atomic E-state index is -4.16. The molecule has 19 heavy (non-hydrogen) atoms. The van der Waals surface area contributed by atoms with Gasteiger partial charge < -0.3 is 0 Å². The van der Waals surface area contributed by atoms with Gasteiger partial charge in [-0.1, -0.05) is 29.1 Å². The van der Waals surface area contributed by atoms with Gasteiger partial charge >= 0.3 is 18.4 Å².